The van der Waals surface area contributed by atoms with Gasteiger partial charge in [-0.1, -0.05) is 26.1 Å². The Hall–Kier alpha value is -1.09. The first-order valence-electron chi connectivity index (χ1n) is 6.26. The molecule has 1 saturated heterocycles. The van der Waals surface area contributed by atoms with Gasteiger partial charge in [0.15, 0.2) is 0 Å². The maximum Gasteiger partial charge on any atom is 0.103 e. The van der Waals surface area contributed by atoms with Crippen LogP contribution in [0.1, 0.15) is 32.3 Å². The molecular formula is C14H20N2S. The molecule has 1 aliphatic rings. The van der Waals surface area contributed by atoms with Crippen molar-refractivity contribution in [2.24, 2.45) is 11.7 Å². The van der Waals surface area contributed by atoms with Crippen LogP contribution in [-0.2, 0) is 0 Å². The topological polar surface area (TPSA) is 29.3 Å². The van der Waals surface area contributed by atoms with Crippen molar-refractivity contribution in [3.05, 3.63) is 29.8 Å². The van der Waals surface area contributed by atoms with Crippen LogP contribution in [0.3, 0.4) is 0 Å². The number of hydrogen-bond acceptors (Lipinski definition) is 2. The predicted octanol–water partition coefficient (Wildman–Crippen LogP) is 2.95. The van der Waals surface area contributed by atoms with Crippen LogP contribution in [0.15, 0.2) is 24.3 Å². The van der Waals surface area contributed by atoms with Crippen molar-refractivity contribution in [1.29, 1.82) is 0 Å². The van der Waals surface area contributed by atoms with E-state index in [0.717, 1.165) is 12.1 Å². The molecule has 0 spiro atoms. The smallest absolute Gasteiger partial charge is 0.103 e. The number of nitrogens with zero attached hydrogens (tertiary/aromatic N) is 1. The van der Waals surface area contributed by atoms with Gasteiger partial charge in [0.1, 0.15) is 4.99 Å². The Morgan fingerprint density at radius 1 is 1.35 bits per heavy atom. The molecule has 1 atom stereocenters. The van der Waals surface area contributed by atoms with E-state index in [9.17, 15) is 0 Å². The number of nitrogens with two attached hydrogens (primary N) is 1. The Labute approximate surface area is 109 Å². The van der Waals surface area contributed by atoms with E-state index >= 15 is 0 Å². The van der Waals surface area contributed by atoms with Crippen molar-refractivity contribution in [2.45, 2.75) is 32.7 Å². The number of benzene rings is 1. The number of thiocarbonyl (C=S) groups is 1. The van der Waals surface area contributed by atoms with Crippen molar-refractivity contribution >= 4 is 22.9 Å². The highest BCUT2D eigenvalue weighted by atomic mass is 32.1. The van der Waals surface area contributed by atoms with E-state index in [1.165, 1.54) is 18.5 Å². The summed E-state index contributed by atoms with van der Waals surface area (Å²) in [5.41, 5.74) is 7.85. The van der Waals surface area contributed by atoms with Gasteiger partial charge >= 0.3 is 0 Å². The molecule has 0 saturated carbocycles. The summed E-state index contributed by atoms with van der Waals surface area (Å²) >= 11 is 4.97. The second-order valence-electron chi connectivity index (χ2n) is 5.06. The van der Waals surface area contributed by atoms with Crippen LogP contribution in [0.25, 0.3) is 0 Å². The largest absolute Gasteiger partial charge is 0.389 e. The highest BCUT2D eigenvalue weighted by Gasteiger charge is 2.26. The molecule has 1 aromatic carbocycles. The summed E-state index contributed by atoms with van der Waals surface area (Å²) in [6.07, 6.45) is 2.59. The van der Waals surface area contributed by atoms with Gasteiger partial charge in [0, 0.05) is 23.8 Å². The molecule has 0 aromatic heterocycles. The summed E-state index contributed by atoms with van der Waals surface area (Å²) in [5, 5.41) is 0. The third-order valence-electron chi connectivity index (χ3n) is 3.55. The summed E-state index contributed by atoms with van der Waals surface area (Å²) in [5.74, 6) is 0.702. The first-order chi connectivity index (χ1) is 8.09. The quantitative estimate of drug-likeness (QED) is 0.834. The third-order valence-corrected chi connectivity index (χ3v) is 3.79. The van der Waals surface area contributed by atoms with Crippen LogP contribution in [0.2, 0.25) is 0 Å². The minimum atomic E-state index is 0.471. The van der Waals surface area contributed by atoms with Gasteiger partial charge in [-0.25, -0.2) is 0 Å². The Bertz CT molecular complexity index is 397. The molecular weight excluding hydrogens is 228 g/mol. The monoisotopic (exact) mass is 248 g/mol. The van der Waals surface area contributed by atoms with Gasteiger partial charge in [-0.05, 0) is 43.0 Å². The molecule has 2 nitrogen and oxygen atoms in total. The molecule has 0 aliphatic carbocycles. The zero-order chi connectivity index (χ0) is 12.4. The van der Waals surface area contributed by atoms with E-state index in [1.807, 2.05) is 12.1 Å². The number of hydrogen-bond donors (Lipinski definition) is 1. The van der Waals surface area contributed by atoms with E-state index in [1.54, 1.807) is 0 Å². The Morgan fingerprint density at radius 3 is 2.53 bits per heavy atom. The van der Waals surface area contributed by atoms with Crippen LogP contribution in [0.4, 0.5) is 5.69 Å². The van der Waals surface area contributed by atoms with Crippen LogP contribution < -0.4 is 10.6 Å². The van der Waals surface area contributed by atoms with Crippen LogP contribution in [0, 0.1) is 5.92 Å². The highest BCUT2D eigenvalue weighted by molar-refractivity contribution is 7.80. The van der Waals surface area contributed by atoms with Gasteiger partial charge < -0.3 is 10.6 Å². The van der Waals surface area contributed by atoms with Gasteiger partial charge in [0.05, 0.1) is 0 Å². The molecule has 0 radical (unpaired) electrons. The summed E-state index contributed by atoms with van der Waals surface area (Å²) in [4.78, 5) is 2.98. The zero-order valence-electron chi connectivity index (χ0n) is 10.5. The average molecular weight is 248 g/mol. The fourth-order valence-corrected chi connectivity index (χ4v) is 2.76. The fourth-order valence-electron chi connectivity index (χ4n) is 2.62. The number of anilines is 1. The highest BCUT2D eigenvalue weighted by Crippen LogP contribution is 2.29. The average Bonchev–Trinajstić information content (AvgIpc) is 2.78. The molecule has 2 rings (SSSR count). The van der Waals surface area contributed by atoms with E-state index < -0.39 is 0 Å². The summed E-state index contributed by atoms with van der Waals surface area (Å²) in [7, 11) is 0. The normalized spacial score (nSPS) is 19.9. The van der Waals surface area contributed by atoms with Crippen LogP contribution >= 0.6 is 12.2 Å². The molecule has 2 N–H and O–H groups in total. The van der Waals surface area contributed by atoms with Crippen molar-refractivity contribution in [1.82, 2.24) is 0 Å². The zero-order valence-corrected chi connectivity index (χ0v) is 11.3. The standard InChI is InChI=1S/C14H20N2S/c1-10(2)13-4-3-9-16(13)12-7-5-11(6-8-12)14(15)17/h5-8,10,13H,3-4,9H2,1-2H3,(H2,15,17). The van der Waals surface area contributed by atoms with Gasteiger partial charge in [-0.15, -0.1) is 0 Å². The molecule has 1 aromatic rings. The fraction of sp³-hybridized carbons (Fsp3) is 0.500. The van der Waals surface area contributed by atoms with E-state index in [0.29, 0.717) is 16.9 Å². The lowest BCUT2D eigenvalue weighted by Gasteiger charge is -2.29. The first kappa shape index (κ1) is 12.4. The Kier molecular flexibility index (Phi) is 3.67. The van der Waals surface area contributed by atoms with Gasteiger partial charge in [-0.2, -0.15) is 0 Å². The van der Waals surface area contributed by atoms with Gasteiger partial charge in [0.2, 0.25) is 0 Å². The van der Waals surface area contributed by atoms with E-state index in [-0.39, 0.29) is 0 Å². The lowest BCUT2D eigenvalue weighted by molar-refractivity contribution is 0.492. The van der Waals surface area contributed by atoms with Crippen molar-refractivity contribution in [3.8, 4) is 0 Å². The number of rotatable bonds is 3. The third kappa shape index (κ3) is 2.60. The second kappa shape index (κ2) is 5.05. The summed E-state index contributed by atoms with van der Waals surface area (Å²) < 4.78 is 0. The van der Waals surface area contributed by atoms with Crippen LogP contribution in [0.5, 0.6) is 0 Å². The lowest BCUT2D eigenvalue weighted by atomic mass is 10.0. The van der Waals surface area contributed by atoms with Crippen molar-refractivity contribution in [2.75, 3.05) is 11.4 Å². The van der Waals surface area contributed by atoms with Crippen molar-refractivity contribution in [3.63, 3.8) is 0 Å². The summed E-state index contributed by atoms with van der Waals surface area (Å²) in [6.45, 7) is 5.76. The molecule has 3 heteroatoms. The first-order valence-corrected chi connectivity index (χ1v) is 6.67. The second-order valence-corrected chi connectivity index (χ2v) is 5.50. The molecule has 0 amide bonds. The lowest BCUT2D eigenvalue weighted by Crippen LogP contribution is -2.33. The van der Waals surface area contributed by atoms with E-state index in [2.05, 4.69) is 30.9 Å². The maximum absolute atomic E-state index is 5.61. The molecule has 0 bridgehead atoms. The molecule has 92 valence electrons. The minimum Gasteiger partial charge on any atom is -0.389 e. The molecule has 1 unspecified atom stereocenters. The Morgan fingerprint density at radius 2 is 2.00 bits per heavy atom. The maximum atomic E-state index is 5.61. The van der Waals surface area contributed by atoms with E-state index in [4.69, 9.17) is 18.0 Å². The molecule has 1 aliphatic heterocycles. The minimum absolute atomic E-state index is 0.471. The molecule has 1 heterocycles. The van der Waals surface area contributed by atoms with Crippen molar-refractivity contribution < 1.29 is 0 Å². The predicted molar refractivity (Wildman–Crippen MR) is 77.5 cm³/mol. The SMILES string of the molecule is CC(C)C1CCCN1c1ccc(C(N)=S)cc1. The summed E-state index contributed by atoms with van der Waals surface area (Å²) in [6, 6.07) is 8.98. The van der Waals surface area contributed by atoms with Crippen LogP contribution in [-0.4, -0.2) is 17.6 Å². The van der Waals surface area contributed by atoms with Gasteiger partial charge in [-0.3, -0.25) is 0 Å². The molecule has 17 heavy (non-hydrogen) atoms. The Balaban J connectivity index is 2.19. The molecule has 1 fully saturated rings. The van der Waals surface area contributed by atoms with Gasteiger partial charge in [0.25, 0.3) is 0 Å².